The monoisotopic (exact) mass is 316 g/mol. The van der Waals surface area contributed by atoms with Crippen molar-refractivity contribution in [1.29, 1.82) is 0 Å². The van der Waals surface area contributed by atoms with E-state index in [-0.39, 0.29) is 11.8 Å². The Bertz CT molecular complexity index is 622. The topological polar surface area (TPSA) is 67.4 Å². The molecule has 0 saturated carbocycles. The first-order valence-electron chi connectivity index (χ1n) is 7.81. The number of ether oxygens (including phenoxy) is 1. The molecule has 124 valence electrons. The molecule has 5 nitrogen and oxygen atoms in total. The first kappa shape index (κ1) is 17.1. The van der Waals surface area contributed by atoms with E-state index in [1.54, 1.807) is 12.1 Å². The SMILES string of the molecule is Cc1ccc(NC(=O)OC(C)(C)C)cc1NC(=O)C1CC=CC1. The molecule has 0 saturated heterocycles. The van der Waals surface area contributed by atoms with E-state index in [1.165, 1.54) is 0 Å². The van der Waals surface area contributed by atoms with E-state index in [4.69, 9.17) is 4.74 Å². The summed E-state index contributed by atoms with van der Waals surface area (Å²) in [4.78, 5) is 24.1. The van der Waals surface area contributed by atoms with E-state index in [2.05, 4.69) is 10.6 Å². The lowest BCUT2D eigenvalue weighted by atomic mass is 10.1. The molecule has 2 amide bonds. The second-order valence-corrected chi connectivity index (χ2v) is 6.79. The maximum Gasteiger partial charge on any atom is 0.412 e. The van der Waals surface area contributed by atoms with Crippen molar-refractivity contribution in [1.82, 2.24) is 0 Å². The molecule has 0 radical (unpaired) electrons. The van der Waals surface area contributed by atoms with Gasteiger partial charge in [0.2, 0.25) is 5.91 Å². The zero-order valence-corrected chi connectivity index (χ0v) is 14.1. The zero-order chi connectivity index (χ0) is 17.0. The molecular formula is C18H24N2O3. The molecular weight excluding hydrogens is 292 g/mol. The predicted octanol–water partition coefficient (Wildman–Crippen LogP) is 4.25. The zero-order valence-electron chi connectivity index (χ0n) is 14.1. The normalized spacial score (nSPS) is 14.6. The standard InChI is InChI=1S/C18H24N2O3/c1-12-9-10-14(19-17(22)23-18(2,3)4)11-15(12)20-16(21)13-7-5-6-8-13/h5-6,9-11,13H,7-8H2,1-4H3,(H,19,22)(H,20,21). The summed E-state index contributed by atoms with van der Waals surface area (Å²) in [6.45, 7) is 7.34. The van der Waals surface area contributed by atoms with Gasteiger partial charge in [0, 0.05) is 17.3 Å². The molecule has 1 aromatic carbocycles. The molecule has 5 heteroatoms. The molecule has 0 fully saturated rings. The Morgan fingerprint density at radius 3 is 2.39 bits per heavy atom. The van der Waals surface area contributed by atoms with Crippen LogP contribution in [0.4, 0.5) is 16.2 Å². The molecule has 0 spiro atoms. The third-order valence-corrected chi connectivity index (χ3v) is 3.52. The van der Waals surface area contributed by atoms with Crippen LogP contribution in [0.2, 0.25) is 0 Å². The highest BCUT2D eigenvalue weighted by atomic mass is 16.6. The van der Waals surface area contributed by atoms with Crippen molar-refractivity contribution in [3.05, 3.63) is 35.9 Å². The van der Waals surface area contributed by atoms with Crippen LogP contribution in [-0.4, -0.2) is 17.6 Å². The van der Waals surface area contributed by atoms with Crippen molar-refractivity contribution >= 4 is 23.4 Å². The van der Waals surface area contributed by atoms with Gasteiger partial charge in [0.1, 0.15) is 5.60 Å². The summed E-state index contributed by atoms with van der Waals surface area (Å²) in [5.41, 5.74) is 1.68. The first-order chi connectivity index (χ1) is 10.7. The van der Waals surface area contributed by atoms with Crippen LogP contribution in [-0.2, 0) is 9.53 Å². The number of carbonyl (C=O) groups is 2. The molecule has 0 atom stereocenters. The maximum absolute atomic E-state index is 12.2. The number of amides is 2. The van der Waals surface area contributed by atoms with Crippen LogP contribution in [0.1, 0.15) is 39.2 Å². The molecule has 0 aliphatic heterocycles. The van der Waals surface area contributed by atoms with Crippen LogP contribution in [0.25, 0.3) is 0 Å². The van der Waals surface area contributed by atoms with Crippen LogP contribution in [0.5, 0.6) is 0 Å². The van der Waals surface area contributed by atoms with Gasteiger partial charge in [-0.3, -0.25) is 10.1 Å². The lowest BCUT2D eigenvalue weighted by Crippen LogP contribution is -2.27. The lowest BCUT2D eigenvalue weighted by Gasteiger charge is -2.20. The minimum Gasteiger partial charge on any atom is -0.444 e. The highest BCUT2D eigenvalue weighted by Gasteiger charge is 2.20. The number of hydrogen-bond acceptors (Lipinski definition) is 3. The molecule has 1 aromatic rings. The molecule has 0 unspecified atom stereocenters. The number of allylic oxidation sites excluding steroid dienone is 2. The molecule has 0 aromatic heterocycles. The number of aryl methyl sites for hydroxylation is 1. The molecule has 2 N–H and O–H groups in total. The van der Waals surface area contributed by atoms with Gasteiger partial charge in [-0.1, -0.05) is 18.2 Å². The summed E-state index contributed by atoms with van der Waals surface area (Å²) in [6.07, 6.45) is 5.09. The number of carbonyl (C=O) groups excluding carboxylic acids is 2. The van der Waals surface area contributed by atoms with Crippen molar-refractivity contribution in [3.8, 4) is 0 Å². The van der Waals surface area contributed by atoms with Gasteiger partial charge in [-0.05, 0) is 58.2 Å². The van der Waals surface area contributed by atoms with Crippen molar-refractivity contribution in [2.24, 2.45) is 5.92 Å². The van der Waals surface area contributed by atoms with E-state index < -0.39 is 11.7 Å². The molecule has 2 rings (SSSR count). The van der Waals surface area contributed by atoms with Crippen molar-refractivity contribution in [2.75, 3.05) is 10.6 Å². The fourth-order valence-corrected chi connectivity index (χ4v) is 2.32. The van der Waals surface area contributed by atoms with Crippen molar-refractivity contribution in [3.63, 3.8) is 0 Å². The minimum absolute atomic E-state index is 0.00290. The summed E-state index contributed by atoms with van der Waals surface area (Å²) >= 11 is 0. The van der Waals surface area contributed by atoms with E-state index in [0.29, 0.717) is 11.4 Å². The van der Waals surface area contributed by atoms with Gasteiger partial charge in [0.15, 0.2) is 0 Å². The summed E-state index contributed by atoms with van der Waals surface area (Å²) in [5.74, 6) is 0.00406. The highest BCUT2D eigenvalue weighted by Crippen LogP contribution is 2.24. The number of rotatable bonds is 3. The summed E-state index contributed by atoms with van der Waals surface area (Å²) in [5, 5.41) is 5.63. The third kappa shape index (κ3) is 5.13. The molecule has 23 heavy (non-hydrogen) atoms. The van der Waals surface area contributed by atoms with E-state index in [0.717, 1.165) is 18.4 Å². The van der Waals surface area contributed by atoms with E-state index in [9.17, 15) is 9.59 Å². The van der Waals surface area contributed by atoms with Gasteiger partial charge in [-0.15, -0.1) is 0 Å². The fourth-order valence-electron chi connectivity index (χ4n) is 2.32. The van der Waals surface area contributed by atoms with Crippen LogP contribution in [0.3, 0.4) is 0 Å². The van der Waals surface area contributed by atoms with Crippen LogP contribution < -0.4 is 10.6 Å². The van der Waals surface area contributed by atoms with Gasteiger partial charge in [-0.25, -0.2) is 4.79 Å². The predicted molar refractivity (Wildman–Crippen MR) is 91.5 cm³/mol. The van der Waals surface area contributed by atoms with E-state index in [1.807, 2.05) is 45.9 Å². The summed E-state index contributed by atoms with van der Waals surface area (Å²) in [7, 11) is 0. The van der Waals surface area contributed by atoms with Gasteiger partial charge >= 0.3 is 6.09 Å². The Morgan fingerprint density at radius 2 is 1.78 bits per heavy atom. The van der Waals surface area contributed by atoms with Gasteiger partial charge in [-0.2, -0.15) is 0 Å². The highest BCUT2D eigenvalue weighted by molar-refractivity contribution is 5.95. The molecule has 0 bridgehead atoms. The Balaban J connectivity index is 2.03. The van der Waals surface area contributed by atoms with Crippen LogP contribution >= 0.6 is 0 Å². The Kier molecular flexibility index (Phi) is 5.08. The van der Waals surface area contributed by atoms with Crippen molar-refractivity contribution in [2.45, 2.75) is 46.1 Å². The van der Waals surface area contributed by atoms with Gasteiger partial charge < -0.3 is 10.1 Å². The number of benzene rings is 1. The van der Waals surface area contributed by atoms with Crippen LogP contribution in [0.15, 0.2) is 30.4 Å². The average Bonchev–Trinajstić information content (AvgIpc) is 2.94. The first-order valence-corrected chi connectivity index (χ1v) is 7.81. The Morgan fingerprint density at radius 1 is 1.13 bits per heavy atom. The molecule has 1 aliphatic rings. The minimum atomic E-state index is -0.554. The Labute approximate surface area is 137 Å². The number of hydrogen-bond donors (Lipinski definition) is 2. The van der Waals surface area contributed by atoms with Crippen molar-refractivity contribution < 1.29 is 14.3 Å². The molecule has 1 aliphatic carbocycles. The number of nitrogens with one attached hydrogen (secondary N) is 2. The lowest BCUT2D eigenvalue weighted by molar-refractivity contribution is -0.119. The molecule has 0 heterocycles. The average molecular weight is 316 g/mol. The Hall–Kier alpha value is -2.30. The third-order valence-electron chi connectivity index (χ3n) is 3.52. The second-order valence-electron chi connectivity index (χ2n) is 6.79. The van der Waals surface area contributed by atoms with Crippen LogP contribution in [0, 0.1) is 12.8 Å². The van der Waals surface area contributed by atoms with Gasteiger partial charge in [0.25, 0.3) is 0 Å². The van der Waals surface area contributed by atoms with E-state index >= 15 is 0 Å². The van der Waals surface area contributed by atoms with Gasteiger partial charge in [0.05, 0.1) is 0 Å². The largest absolute Gasteiger partial charge is 0.444 e. The summed E-state index contributed by atoms with van der Waals surface area (Å²) < 4.78 is 5.23. The second kappa shape index (κ2) is 6.86. The fraction of sp³-hybridized carbons (Fsp3) is 0.444. The summed E-state index contributed by atoms with van der Waals surface area (Å²) in [6, 6.07) is 5.39. The number of anilines is 2. The quantitative estimate of drug-likeness (QED) is 0.819. The maximum atomic E-state index is 12.2. The smallest absolute Gasteiger partial charge is 0.412 e.